The topological polar surface area (TPSA) is 32.5 Å². The first kappa shape index (κ1) is 13.4. The highest BCUT2D eigenvalue weighted by molar-refractivity contribution is 5.55. The second kappa shape index (κ2) is 5.72. The minimum absolute atomic E-state index is 0.220. The van der Waals surface area contributed by atoms with E-state index < -0.39 is 0 Å². The number of anilines is 1. The molecule has 1 saturated heterocycles. The fourth-order valence-corrected chi connectivity index (χ4v) is 2.58. The van der Waals surface area contributed by atoms with Gasteiger partial charge in [0.25, 0.3) is 0 Å². The molecule has 1 heterocycles. The Kier molecular flexibility index (Phi) is 4.25. The van der Waals surface area contributed by atoms with Crippen LogP contribution in [0.1, 0.15) is 18.1 Å². The van der Waals surface area contributed by atoms with Crippen molar-refractivity contribution in [1.82, 2.24) is 4.90 Å². The van der Waals surface area contributed by atoms with Crippen LogP contribution < -0.4 is 10.6 Å². The highest BCUT2D eigenvalue weighted by atomic mass is 15.2. The molecule has 1 aromatic rings. The van der Waals surface area contributed by atoms with Gasteiger partial charge in [0.05, 0.1) is 0 Å². The van der Waals surface area contributed by atoms with E-state index in [2.05, 4.69) is 48.9 Å². The van der Waals surface area contributed by atoms with Crippen LogP contribution in [-0.4, -0.2) is 44.2 Å². The lowest BCUT2D eigenvalue weighted by molar-refractivity contribution is 0.312. The molecule has 0 spiro atoms. The zero-order chi connectivity index (χ0) is 13.1. The van der Waals surface area contributed by atoms with E-state index in [-0.39, 0.29) is 6.04 Å². The smallest absolute Gasteiger partial charge is 0.0400 e. The van der Waals surface area contributed by atoms with Crippen LogP contribution in [0.2, 0.25) is 0 Å². The van der Waals surface area contributed by atoms with Gasteiger partial charge < -0.3 is 15.5 Å². The second-order valence-electron chi connectivity index (χ2n) is 5.60. The molecular weight excluding hydrogens is 222 g/mol. The minimum Gasteiger partial charge on any atom is -0.369 e. The molecule has 100 valence electrons. The Morgan fingerprint density at radius 1 is 1.22 bits per heavy atom. The third-order valence-corrected chi connectivity index (χ3v) is 3.62. The molecule has 18 heavy (non-hydrogen) atoms. The maximum absolute atomic E-state index is 5.97. The monoisotopic (exact) mass is 247 g/mol. The molecule has 0 radical (unpaired) electrons. The summed E-state index contributed by atoms with van der Waals surface area (Å²) >= 11 is 0. The molecule has 1 aliphatic rings. The summed E-state index contributed by atoms with van der Waals surface area (Å²) in [7, 11) is 2.19. The van der Waals surface area contributed by atoms with Crippen LogP contribution in [0.4, 0.5) is 5.69 Å². The van der Waals surface area contributed by atoms with Gasteiger partial charge in [-0.2, -0.15) is 0 Å². The van der Waals surface area contributed by atoms with Gasteiger partial charge >= 0.3 is 0 Å². The molecular formula is C15H25N3. The van der Waals surface area contributed by atoms with Gasteiger partial charge in [0.15, 0.2) is 0 Å². The van der Waals surface area contributed by atoms with E-state index in [9.17, 15) is 0 Å². The molecule has 2 rings (SSSR count). The zero-order valence-corrected chi connectivity index (χ0v) is 11.8. The molecule has 3 heteroatoms. The Morgan fingerprint density at radius 2 is 1.89 bits per heavy atom. The highest BCUT2D eigenvalue weighted by Gasteiger charge is 2.17. The first-order valence-electron chi connectivity index (χ1n) is 6.85. The summed E-state index contributed by atoms with van der Waals surface area (Å²) in [4.78, 5) is 4.88. The molecule has 0 saturated carbocycles. The Bertz CT molecular complexity index is 393. The van der Waals surface area contributed by atoms with Gasteiger partial charge in [0.2, 0.25) is 0 Å². The summed E-state index contributed by atoms with van der Waals surface area (Å²) < 4.78 is 0. The van der Waals surface area contributed by atoms with E-state index in [1.807, 2.05) is 0 Å². The summed E-state index contributed by atoms with van der Waals surface area (Å²) in [5.74, 6) is 0. The molecule has 1 unspecified atom stereocenters. The van der Waals surface area contributed by atoms with Gasteiger partial charge in [0, 0.05) is 37.9 Å². The standard InChI is InChI=1S/C15H25N3/c1-12-4-5-15(14(10-12)11-13(2)16)18-8-6-17(3)7-9-18/h4-5,10,13H,6-9,11,16H2,1-3H3. The molecule has 1 aromatic carbocycles. The fraction of sp³-hybridized carbons (Fsp3) is 0.600. The first-order chi connectivity index (χ1) is 8.56. The molecule has 1 aliphatic heterocycles. The van der Waals surface area contributed by atoms with E-state index in [4.69, 9.17) is 5.73 Å². The summed E-state index contributed by atoms with van der Waals surface area (Å²) in [6.45, 7) is 8.75. The third-order valence-electron chi connectivity index (χ3n) is 3.62. The number of nitrogens with zero attached hydrogens (tertiary/aromatic N) is 2. The molecule has 0 amide bonds. The van der Waals surface area contributed by atoms with Gasteiger partial charge in [-0.1, -0.05) is 17.7 Å². The third kappa shape index (κ3) is 3.24. The van der Waals surface area contributed by atoms with Crippen LogP contribution in [0.3, 0.4) is 0 Å². The summed E-state index contributed by atoms with van der Waals surface area (Å²) in [5.41, 5.74) is 10.1. The van der Waals surface area contributed by atoms with Crippen LogP contribution in [0.25, 0.3) is 0 Å². The summed E-state index contributed by atoms with van der Waals surface area (Å²) in [6, 6.07) is 6.98. The van der Waals surface area contributed by atoms with E-state index in [0.717, 1.165) is 32.6 Å². The number of piperazine rings is 1. The molecule has 2 N–H and O–H groups in total. The maximum atomic E-state index is 5.97. The average molecular weight is 247 g/mol. The summed E-state index contributed by atoms with van der Waals surface area (Å²) in [6.07, 6.45) is 0.962. The van der Waals surface area contributed by atoms with Crippen molar-refractivity contribution in [2.45, 2.75) is 26.3 Å². The van der Waals surface area contributed by atoms with Crippen molar-refractivity contribution >= 4 is 5.69 Å². The van der Waals surface area contributed by atoms with Crippen molar-refractivity contribution in [3.63, 3.8) is 0 Å². The van der Waals surface area contributed by atoms with Crippen molar-refractivity contribution in [2.24, 2.45) is 5.73 Å². The largest absolute Gasteiger partial charge is 0.369 e. The number of likely N-dealkylation sites (N-methyl/N-ethyl adjacent to an activating group) is 1. The van der Waals surface area contributed by atoms with Gasteiger partial charge in [-0.3, -0.25) is 0 Å². The lowest BCUT2D eigenvalue weighted by Gasteiger charge is -2.35. The van der Waals surface area contributed by atoms with Crippen LogP contribution in [0.15, 0.2) is 18.2 Å². The minimum atomic E-state index is 0.220. The molecule has 0 bridgehead atoms. The zero-order valence-electron chi connectivity index (χ0n) is 11.8. The van der Waals surface area contributed by atoms with Gasteiger partial charge in [0.1, 0.15) is 0 Å². The lowest BCUT2D eigenvalue weighted by atomic mass is 10.0. The molecule has 0 aliphatic carbocycles. The Hall–Kier alpha value is -1.06. The predicted octanol–water partition coefficient (Wildman–Crippen LogP) is 1.64. The van der Waals surface area contributed by atoms with Gasteiger partial charge in [-0.25, -0.2) is 0 Å². The van der Waals surface area contributed by atoms with Crippen molar-refractivity contribution in [3.05, 3.63) is 29.3 Å². The number of aryl methyl sites for hydroxylation is 1. The van der Waals surface area contributed by atoms with Crippen molar-refractivity contribution in [3.8, 4) is 0 Å². The fourth-order valence-electron chi connectivity index (χ4n) is 2.58. The average Bonchev–Trinajstić information content (AvgIpc) is 2.30. The number of nitrogens with two attached hydrogens (primary N) is 1. The van der Waals surface area contributed by atoms with Gasteiger partial charge in [-0.15, -0.1) is 0 Å². The van der Waals surface area contributed by atoms with E-state index >= 15 is 0 Å². The predicted molar refractivity (Wildman–Crippen MR) is 78.2 cm³/mol. The van der Waals surface area contributed by atoms with Crippen LogP contribution >= 0.6 is 0 Å². The van der Waals surface area contributed by atoms with Crippen molar-refractivity contribution in [2.75, 3.05) is 38.1 Å². The number of benzene rings is 1. The Morgan fingerprint density at radius 3 is 2.50 bits per heavy atom. The number of hydrogen-bond donors (Lipinski definition) is 1. The van der Waals surface area contributed by atoms with Crippen molar-refractivity contribution in [1.29, 1.82) is 0 Å². The SMILES string of the molecule is Cc1ccc(N2CCN(C)CC2)c(CC(C)N)c1. The Balaban J connectivity index is 2.20. The van der Waals surface area contributed by atoms with Gasteiger partial charge in [-0.05, 0) is 38.9 Å². The van der Waals surface area contributed by atoms with E-state index in [1.54, 1.807) is 0 Å². The van der Waals surface area contributed by atoms with Crippen LogP contribution in [0.5, 0.6) is 0 Å². The number of hydrogen-bond acceptors (Lipinski definition) is 3. The maximum Gasteiger partial charge on any atom is 0.0400 e. The van der Waals surface area contributed by atoms with Crippen LogP contribution in [0, 0.1) is 6.92 Å². The first-order valence-corrected chi connectivity index (χ1v) is 6.85. The lowest BCUT2D eigenvalue weighted by Crippen LogP contribution is -2.45. The molecule has 0 aromatic heterocycles. The van der Waals surface area contributed by atoms with E-state index in [0.29, 0.717) is 0 Å². The quantitative estimate of drug-likeness (QED) is 0.881. The molecule has 1 fully saturated rings. The molecule has 1 atom stereocenters. The number of rotatable bonds is 3. The normalized spacial score (nSPS) is 19.0. The van der Waals surface area contributed by atoms with E-state index in [1.165, 1.54) is 16.8 Å². The highest BCUT2D eigenvalue weighted by Crippen LogP contribution is 2.24. The van der Waals surface area contributed by atoms with Crippen molar-refractivity contribution < 1.29 is 0 Å². The summed E-state index contributed by atoms with van der Waals surface area (Å²) in [5, 5.41) is 0. The molecule has 3 nitrogen and oxygen atoms in total. The van der Waals surface area contributed by atoms with Crippen LogP contribution in [-0.2, 0) is 6.42 Å². The second-order valence-corrected chi connectivity index (χ2v) is 5.60. The Labute approximate surface area is 111 Å².